The first kappa shape index (κ1) is 17.9. The molecule has 8 nitrogen and oxygen atoms in total. The number of aromatic nitrogens is 3. The number of oxazole rings is 1. The van der Waals surface area contributed by atoms with Gasteiger partial charge in [-0.2, -0.15) is 4.98 Å². The lowest BCUT2D eigenvalue weighted by atomic mass is 10.0. The molecule has 2 aromatic heterocycles. The molecule has 8 heteroatoms. The number of hydrogen-bond donors (Lipinski definition) is 1. The summed E-state index contributed by atoms with van der Waals surface area (Å²) >= 11 is 0. The van der Waals surface area contributed by atoms with E-state index in [1.54, 1.807) is 0 Å². The van der Waals surface area contributed by atoms with Gasteiger partial charge in [0.15, 0.2) is 5.58 Å². The second-order valence-corrected chi connectivity index (χ2v) is 8.74. The van der Waals surface area contributed by atoms with Crippen LogP contribution in [0.1, 0.15) is 41.9 Å². The Morgan fingerprint density at radius 1 is 1.27 bits per heavy atom. The number of piperidine rings is 1. The Balaban J connectivity index is 1.26. The van der Waals surface area contributed by atoms with E-state index < -0.39 is 0 Å². The number of fused-ring (bicyclic) bond motifs is 4. The molecule has 1 amide bonds. The van der Waals surface area contributed by atoms with Crippen LogP contribution in [-0.2, 0) is 13.1 Å². The quantitative estimate of drug-likeness (QED) is 0.720. The van der Waals surface area contributed by atoms with E-state index in [-0.39, 0.29) is 11.9 Å². The first-order chi connectivity index (χ1) is 14.7. The third kappa shape index (κ3) is 2.81. The van der Waals surface area contributed by atoms with E-state index in [2.05, 4.69) is 31.7 Å². The first-order valence-corrected chi connectivity index (χ1v) is 10.8. The number of carbonyl (C=O) groups excluding carboxylic acids is 1. The Morgan fingerprint density at radius 2 is 2.20 bits per heavy atom. The molecule has 30 heavy (non-hydrogen) atoms. The largest absolute Gasteiger partial charge is 0.423 e. The molecule has 2 saturated heterocycles. The van der Waals surface area contributed by atoms with Crippen LogP contribution in [0.2, 0.25) is 0 Å². The molecule has 1 N–H and O–H groups in total. The maximum Gasteiger partial charge on any atom is 0.298 e. The van der Waals surface area contributed by atoms with Crippen molar-refractivity contribution in [3.8, 4) is 0 Å². The minimum Gasteiger partial charge on any atom is -0.423 e. The molecule has 156 valence electrons. The van der Waals surface area contributed by atoms with Gasteiger partial charge in [0.05, 0.1) is 12.1 Å². The average Bonchev–Trinajstić information content (AvgIpc) is 3.42. The third-order valence-corrected chi connectivity index (χ3v) is 7.11. The van der Waals surface area contributed by atoms with Crippen molar-refractivity contribution < 1.29 is 9.21 Å². The zero-order chi connectivity index (χ0) is 20.2. The molecule has 1 aromatic carbocycles. The van der Waals surface area contributed by atoms with Gasteiger partial charge in [0, 0.05) is 43.6 Å². The van der Waals surface area contributed by atoms with Crippen molar-refractivity contribution in [2.45, 2.75) is 56.9 Å². The van der Waals surface area contributed by atoms with Gasteiger partial charge in [-0.1, -0.05) is 12.5 Å². The second-order valence-electron chi connectivity index (χ2n) is 8.74. The van der Waals surface area contributed by atoms with Crippen molar-refractivity contribution in [2.75, 3.05) is 18.5 Å². The number of amides is 1. The number of carbonyl (C=O) groups is 1. The number of hydrogen-bond acceptors (Lipinski definition) is 6. The van der Waals surface area contributed by atoms with Crippen LogP contribution in [0, 0.1) is 0 Å². The van der Waals surface area contributed by atoms with Crippen LogP contribution in [0.4, 0.5) is 6.01 Å². The minimum absolute atomic E-state index is 0.0550. The molecule has 3 aliphatic rings. The summed E-state index contributed by atoms with van der Waals surface area (Å²) in [5, 5.41) is 3.30. The summed E-state index contributed by atoms with van der Waals surface area (Å²) in [5.41, 5.74) is 1.87. The van der Waals surface area contributed by atoms with E-state index in [9.17, 15) is 4.79 Å². The summed E-state index contributed by atoms with van der Waals surface area (Å²) < 4.78 is 8.18. The zero-order valence-corrected chi connectivity index (χ0v) is 17.1. The van der Waals surface area contributed by atoms with Crippen LogP contribution in [0.3, 0.4) is 0 Å². The minimum atomic E-state index is -0.0550. The van der Waals surface area contributed by atoms with E-state index in [0.717, 1.165) is 31.8 Å². The van der Waals surface area contributed by atoms with Crippen molar-refractivity contribution in [3.05, 3.63) is 42.0 Å². The lowest BCUT2D eigenvalue weighted by Crippen LogP contribution is -2.45. The molecular formula is C22H26N6O2. The van der Waals surface area contributed by atoms with Crippen LogP contribution < -0.4 is 10.2 Å². The summed E-state index contributed by atoms with van der Waals surface area (Å²) in [4.78, 5) is 26.8. The topological polar surface area (TPSA) is 79.4 Å². The van der Waals surface area contributed by atoms with Gasteiger partial charge >= 0.3 is 0 Å². The van der Waals surface area contributed by atoms with Gasteiger partial charge in [0.2, 0.25) is 0 Å². The molecule has 3 aliphatic heterocycles. The fourth-order valence-corrected chi connectivity index (χ4v) is 5.45. The highest BCUT2D eigenvalue weighted by Crippen LogP contribution is 2.35. The van der Waals surface area contributed by atoms with Crippen molar-refractivity contribution >= 4 is 23.0 Å². The Labute approximate surface area is 174 Å². The van der Waals surface area contributed by atoms with E-state index in [1.807, 2.05) is 30.6 Å². The predicted molar refractivity (Wildman–Crippen MR) is 112 cm³/mol. The van der Waals surface area contributed by atoms with Gasteiger partial charge in [-0.05, 0) is 38.4 Å². The van der Waals surface area contributed by atoms with Crippen LogP contribution in [0.25, 0.3) is 11.1 Å². The molecule has 2 fully saturated rings. The van der Waals surface area contributed by atoms with E-state index in [1.165, 1.54) is 12.8 Å². The molecule has 5 heterocycles. The van der Waals surface area contributed by atoms with Gasteiger partial charge < -0.3 is 19.2 Å². The van der Waals surface area contributed by atoms with Crippen molar-refractivity contribution in [1.82, 2.24) is 24.8 Å². The number of likely N-dealkylation sites (N-methyl/N-ethyl adjacent to an activating group) is 1. The molecule has 2 bridgehead atoms. The molecule has 0 saturated carbocycles. The molecule has 3 unspecified atom stereocenters. The molecule has 0 aliphatic carbocycles. The Bertz CT molecular complexity index is 1100. The normalized spacial score (nSPS) is 26.2. The Kier molecular flexibility index (Phi) is 4.09. The molecule has 3 aromatic rings. The van der Waals surface area contributed by atoms with Crippen molar-refractivity contribution in [3.63, 3.8) is 0 Å². The van der Waals surface area contributed by atoms with E-state index >= 15 is 0 Å². The highest BCUT2D eigenvalue weighted by atomic mass is 16.4. The van der Waals surface area contributed by atoms with Gasteiger partial charge in [0.1, 0.15) is 11.3 Å². The van der Waals surface area contributed by atoms with Crippen LogP contribution in [0.15, 0.2) is 35.0 Å². The molecule has 3 atom stereocenters. The number of imidazole rings is 1. The maximum absolute atomic E-state index is 13.2. The van der Waals surface area contributed by atoms with E-state index in [4.69, 9.17) is 9.40 Å². The van der Waals surface area contributed by atoms with Gasteiger partial charge in [-0.15, -0.1) is 0 Å². The smallest absolute Gasteiger partial charge is 0.298 e. The van der Waals surface area contributed by atoms with Crippen LogP contribution >= 0.6 is 0 Å². The third-order valence-electron chi connectivity index (χ3n) is 7.11. The maximum atomic E-state index is 13.2. The molecule has 0 spiro atoms. The van der Waals surface area contributed by atoms with Gasteiger partial charge in [-0.25, -0.2) is 4.98 Å². The fraction of sp³-hybridized carbons (Fsp3) is 0.500. The number of rotatable bonds is 3. The lowest BCUT2D eigenvalue weighted by Gasteiger charge is -2.32. The second kappa shape index (κ2) is 6.84. The average molecular weight is 406 g/mol. The monoisotopic (exact) mass is 406 g/mol. The molecular weight excluding hydrogens is 380 g/mol. The Hall–Kier alpha value is -2.87. The van der Waals surface area contributed by atoms with Crippen LogP contribution in [0.5, 0.6) is 0 Å². The summed E-state index contributed by atoms with van der Waals surface area (Å²) in [6.45, 7) is 2.30. The number of nitrogens with zero attached hydrogens (tertiary/aromatic N) is 5. The highest BCUT2D eigenvalue weighted by molar-refractivity contribution is 6.04. The van der Waals surface area contributed by atoms with Crippen molar-refractivity contribution in [1.29, 1.82) is 0 Å². The first-order valence-electron chi connectivity index (χ1n) is 10.8. The zero-order valence-electron chi connectivity index (χ0n) is 17.1. The van der Waals surface area contributed by atoms with Crippen LogP contribution in [-0.4, -0.2) is 57.1 Å². The van der Waals surface area contributed by atoms with Gasteiger partial charge in [-0.3, -0.25) is 9.69 Å². The summed E-state index contributed by atoms with van der Waals surface area (Å²) in [7, 11) is 2.19. The lowest BCUT2D eigenvalue weighted by molar-refractivity contribution is 0.0922. The highest BCUT2D eigenvalue weighted by Gasteiger charge is 2.42. The van der Waals surface area contributed by atoms with Crippen molar-refractivity contribution in [2.24, 2.45) is 0 Å². The number of para-hydroxylation sites is 1. The summed E-state index contributed by atoms with van der Waals surface area (Å²) in [6, 6.07) is 7.39. The molecule has 6 rings (SSSR count). The molecule has 0 radical (unpaired) electrons. The fourth-order valence-electron chi connectivity index (χ4n) is 5.45. The Morgan fingerprint density at radius 3 is 3.10 bits per heavy atom. The number of nitrogens with one attached hydrogen (secondary N) is 1. The number of benzene rings is 1. The van der Waals surface area contributed by atoms with E-state index in [0.29, 0.717) is 41.3 Å². The standard InChI is InChI=1S/C22H26N6O2/c1-26-14-4-2-6-17(26)16(12-14)24-21(29)15-5-3-7-18-20(15)25-22(30-18)28-11-10-27-9-8-23-19(27)13-28/h3,5,7-9,14,16-17H,2,4,6,10-13H2,1H3,(H,24,29). The van der Waals surface area contributed by atoms with Gasteiger partial charge in [0.25, 0.3) is 11.9 Å². The predicted octanol–water partition coefficient (Wildman–Crippen LogP) is 2.40. The summed E-state index contributed by atoms with van der Waals surface area (Å²) in [6.07, 6.45) is 8.49. The summed E-state index contributed by atoms with van der Waals surface area (Å²) in [5.74, 6) is 0.943. The SMILES string of the molecule is CN1C2CCCC1C(NC(=O)c1cccc3oc(N4CCn5ccnc5C4)nc13)C2. The number of anilines is 1.